The average molecular weight is 324 g/mol. The molecule has 2 aromatic rings. The van der Waals surface area contributed by atoms with Crippen LogP contribution in [0.1, 0.15) is 30.5 Å². The number of nitrogens with one attached hydrogen (secondary N) is 1. The minimum Gasteiger partial charge on any atom is -0.468 e. The number of esters is 1. The molecule has 4 nitrogen and oxygen atoms in total. The second-order valence-electron chi connectivity index (χ2n) is 6.85. The quantitative estimate of drug-likeness (QED) is 0.647. The topological polar surface area (TPSA) is 45.3 Å². The third kappa shape index (κ3) is 2.37. The summed E-state index contributed by atoms with van der Waals surface area (Å²) in [5.74, 6) is -0.130. The molecule has 2 bridgehead atoms. The van der Waals surface area contributed by atoms with Gasteiger partial charge in [0.15, 0.2) is 0 Å². The number of aromatic amines is 1. The molecule has 1 saturated heterocycles. The Balaban J connectivity index is 1.94. The summed E-state index contributed by atoms with van der Waals surface area (Å²) in [5.41, 5.74) is 4.83. The van der Waals surface area contributed by atoms with Crippen LogP contribution in [-0.2, 0) is 16.0 Å². The van der Waals surface area contributed by atoms with E-state index in [9.17, 15) is 4.79 Å². The van der Waals surface area contributed by atoms with Crippen LogP contribution in [-0.4, -0.2) is 42.6 Å². The molecule has 126 valence electrons. The number of piperidine rings is 1. The van der Waals surface area contributed by atoms with E-state index in [4.69, 9.17) is 4.74 Å². The number of ether oxygens (including phenoxy) is 1. The molecule has 4 heterocycles. The van der Waals surface area contributed by atoms with Crippen LogP contribution in [0.15, 0.2) is 35.9 Å². The first-order valence-electron chi connectivity index (χ1n) is 8.77. The van der Waals surface area contributed by atoms with Gasteiger partial charge in [-0.3, -0.25) is 9.69 Å². The van der Waals surface area contributed by atoms with E-state index in [1.165, 1.54) is 23.6 Å². The van der Waals surface area contributed by atoms with E-state index in [1.54, 1.807) is 0 Å². The van der Waals surface area contributed by atoms with Gasteiger partial charge in [0, 0.05) is 35.6 Å². The molecule has 1 N–H and O–H groups in total. The lowest BCUT2D eigenvalue weighted by atomic mass is 9.78. The molecule has 0 spiro atoms. The van der Waals surface area contributed by atoms with E-state index in [2.05, 4.69) is 41.1 Å². The van der Waals surface area contributed by atoms with Crippen molar-refractivity contribution < 1.29 is 9.53 Å². The Morgan fingerprint density at radius 3 is 2.96 bits per heavy atom. The van der Waals surface area contributed by atoms with Crippen LogP contribution < -0.4 is 0 Å². The van der Waals surface area contributed by atoms with Gasteiger partial charge in [0.25, 0.3) is 0 Å². The molecule has 1 fully saturated rings. The van der Waals surface area contributed by atoms with Crippen molar-refractivity contribution in [3.63, 3.8) is 0 Å². The number of aromatic nitrogens is 1. The van der Waals surface area contributed by atoms with E-state index in [-0.39, 0.29) is 17.8 Å². The van der Waals surface area contributed by atoms with Gasteiger partial charge in [-0.2, -0.15) is 0 Å². The summed E-state index contributed by atoms with van der Waals surface area (Å²) in [4.78, 5) is 18.8. The van der Waals surface area contributed by atoms with Gasteiger partial charge in [-0.15, -0.1) is 0 Å². The van der Waals surface area contributed by atoms with Gasteiger partial charge in [-0.05, 0) is 37.9 Å². The van der Waals surface area contributed by atoms with Gasteiger partial charge in [0.05, 0.1) is 7.11 Å². The second-order valence-corrected chi connectivity index (χ2v) is 6.85. The number of carbonyl (C=O) groups excluding carboxylic acids is 1. The zero-order chi connectivity index (χ0) is 16.7. The summed E-state index contributed by atoms with van der Waals surface area (Å²) < 4.78 is 5.22. The molecular formula is C20H24N2O2. The molecule has 1 aromatic heterocycles. The first-order chi connectivity index (χ1) is 11.7. The lowest BCUT2D eigenvalue weighted by Crippen LogP contribution is -2.39. The highest BCUT2D eigenvalue weighted by atomic mass is 16.5. The van der Waals surface area contributed by atoms with Crippen molar-refractivity contribution in [1.29, 1.82) is 0 Å². The number of carbonyl (C=O) groups is 1. The highest BCUT2D eigenvalue weighted by Crippen LogP contribution is 2.41. The van der Waals surface area contributed by atoms with Crippen molar-refractivity contribution in [3.8, 4) is 0 Å². The number of hydrogen-bond acceptors (Lipinski definition) is 3. The largest absolute Gasteiger partial charge is 0.468 e. The molecule has 0 saturated carbocycles. The first-order valence-corrected chi connectivity index (χ1v) is 8.77. The number of rotatable bonds is 1. The summed E-state index contributed by atoms with van der Waals surface area (Å²) in [7, 11) is 1.50. The summed E-state index contributed by atoms with van der Waals surface area (Å²) in [6.07, 6.45) is 4.17. The number of hydrogen-bond donors (Lipinski definition) is 1. The molecule has 1 aromatic carbocycles. The van der Waals surface area contributed by atoms with Gasteiger partial charge in [0.1, 0.15) is 5.92 Å². The van der Waals surface area contributed by atoms with E-state index < -0.39 is 0 Å². The van der Waals surface area contributed by atoms with Crippen molar-refractivity contribution in [2.24, 2.45) is 5.92 Å². The standard InChI is InChI=1S/C20H24N2O2/c1-3-13-12-22-10-8-14(13)18(20(23)24-2)19-16(9-11-22)15-6-4-5-7-17(15)21-19/h3-7,14,18,21H,8-12H2,1-2H3/b13-3-/t14-,18+/m0/s1. The lowest BCUT2D eigenvalue weighted by Gasteiger charge is -2.35. The van der Waals surface area contributed by atoms with Crippen LogP contribution in [0.25, 0.3) is 10.9 Å². The lowest BCUT2D eigenvalue weighted by molar-refractivity contribution is -0.143. The maximum absolute atomic E-state index is 12.7. The highest BCUT2D eigenvalue weighted by molar-refractivity contribution is 5.88. The third-order valence-electron chi connectivity index (χ3n) is 5.70. The van der Waals surface area contributed by atoms with E-state index in [1.807, 2.05) is 6.07 Å². The average Bonchev–Trinajstić information content (AvgIpc) is 3.02. The van der Waals surface area contributed by atoms with Crippen LogP contribution in [0.4, 0.5) is 0 Å². The van der Waals surface area contributed by atoms with Crippen LogP contribution in [0, 0.1) is 5.92 Å². The molecule has 0 radical (unpaired) electrons. The minimum atomic E-state index is -0.233. The first kappa shape index (κ1) is 15.5. The van der Waals surface area contributed by atoms with Crippen molar-refractivity contribution in [1.82, 2.24) is 9.88 Å². The monoisotopic (exact) mass is 324 g/mol. The summed E-state index contributed by atoms with van der Waals surface area (Å²) in [5, 5.41) is 1.24. The number of nitrogens with zero attached hydrogens (tertiary/aromatic N) is 1. The fourth-order valence-electron chi connectivity index (χ4n) is 4.47. The Labute approximate surface area is 142 Å². The van der Waals surface area contributed by atoms with Crippen LogP contribution >= 0.6 is 0 Å². The fraction of sp³-hybridized carbons (Fsp3) is 0.450. The van der Waals surface area contributed by atoms with E-state index in [0.717, 1.165) is 43.7 Å². The molecule has 24 heavy (non-hydrogen) atoms. The molecule has 0 amide bonds. The SMILES string of the molecule is C/C=C1/CN2CCc3c([nH]c4ccccc34)[C@H](C(=O)OC)[C@H]1CC2. The number of allylic oxidation sites excluding steroid dienone is 1. The highest BCUT2D eigenvalue weighted by Gasteiger charge is 2.39. The second kappa shape index (κ2) is 6.10. The van der Waals surface area contributed by atoms with Gasteiger partial charge in [-0.1, -0.05) is 29.8 Å². The molecule has 3 atom stereocenters. The zero-order valence-corrected chi connectivity index (χ0v) is 14.3. The normalized spacial score (nSPS) is 28.2. The Hall–Kier alpha value is -2.07. The minimum absolute atomic E-state index is 0.123. The Kier molecular flexibility index (Phi) is 3.93. The maximum atomic E-state index is 12.7. The number of fused-ring (bicyclic) bond motifs is 4. The number of methoxy groups -OCH3 is 1. The number of H-pyrrole nitrogens is 1. The van der Waals surface area contributed by atoms with Gasteiger partial charge >= 0.3 is 5.97 Å². The molecule has 3 aliphatic heterocycles. The number of benzene rings is 1. The van der Waals surface area contributed by atoms with Gasteiger partial charge in [-0.25, -0.2) is 0 Å². The van der Waals surface area contributed by atoms with E-state index >= 15 is 0 Å². The van der Waals surface area contributed by atoms with Crippen molar-refractivity contribution in [3.05, 3.63) is 47.2 Å². The molecule has 0 aliphatic carbocycles. The summed E-state index contributed by atoms with van der Waals surface area (Å²) in [6.45, 7) is 5.14. The molecular weight excluding hydrogens is 300 g/mol. The smallest absolute Gasteiger partial charge is 0.315 e. The van der Waals surface area contributed by atoms with Crippen LogP contribution in [0.5, 0.6) is 0 Å². The Bertz CT molecular complexity index is 805. The Morgan fingerprint density at radius 1 is 1.33 bits per heavy atom. The predicted molar refractivity (Wildman–Crippen MR) is 95.1 cm³/mol. The summed E-state index contributed by atoms with van der Waals surface area (Å²) >= 11 is 0. The Morgan fingerprint density at radius 2 is 2.17 bits per heavy atom. The molecule has 4 heteroatoms. The zero-order valence-electron chi connectivity index (χ0n) is 14.3. The molecule has 1 unspecified atom stereocenters. The van der Waals surface area contributed by atoms with Crippen molar-refractivity contribution in [2.45, 2.75) is 25.7 Å². The van der Waals surface area contributed by atoms with Crippen molar-refractivity contribution in [2.75, 3.05) is 26.7 Å². The predicted octanol–water partition coefficient (Wildman–Crippen LogP) is 3.25. The maximum Gasteiger partial charge on any atom is 0.315 e. The van der Waals surface area contributed by atoms with Crippen LogP contribution in [0.3, 0.4) is 0 Å². The van der Waals surface area contributed by atoms with E-state index in [0.29, 0.717) is 0 Å². The summed E-state index contributed by atoms with van der Waals surface area (Å²) in [6, 6.07) is 8.36. The van der Waals surface area contributed by atoms with Crippen molar-refractivity contribution >= 4 is 16.9 Å². The molecule has 5 rings (SSSR count). The number of para-hydroxylation sites is 1. The fourth-order valence-corrected chi connectivity index (χ4v) is 4.47. The van der Waals surface area contributed by atoms with Crippen LogP contribution in [0.2, 0.25) is 0 Å². The van der Waals surface area contributed by atoms with Gasteiger partial charge in [0.2, 0.25) is 0 Å². The molecule has 3 aliphatic rings. The third-order valence-corrected chi connectivity index (χ3v) is 5.70. The van der Waals surface area contributed by atoms with Gasteiger partial charge < -0.3 is 9.72 Å².